The summed E-state index contributed by atoms with van der Waals surface area (Å²) in [5, 5.41) is 8.55. The van der Waals surface area contributed by atoms with Gasteiger partial charge in [0.05, 0.1) is 13.1 Å². The number of ether oxygens (including phenoxy) is 1. The van der Waals surface area contributed by atoms with Crippen molar-refractivity contribution in [2.24, 2.45) is 7.05 Å². The van der Waals surface area contributed by atoms with Crippen molar-refractivity contribution in [3.63, 3.8) is 0 Å². The Morgan fingerprint density at radius 2 is 1.65 bits per heavy atom. The lowest BCUT2D eigenvalue weighted by atomic mass is 10.00. The van der Waals surface area contributed by atoms with Crippen LogP contribution in [0.2, 0.25) is 0 Å². The molecular weight excluding hydrogens is 610 g/mol. The molecule has 3 atom stereocenters. The Morgan fingerprint density at radius 1 is 0.958 bits per heavy atom. The van der Waals surface area contributed by atoms with Crippen LogP contribution in [-0.2, 0) is 31.0 Å². The minimum atomic E-state index is -1.42. The van der Waals surface area contributed by atoms with Crippen LogP contribution >= 0.6 is 0 Å². The van der Waals surface area contributed by atoms with Crippen LogP contribution in [0.5, 0.6) is 0 Å². The first-order valence-electron chi connectivity index (χ1n) is 17.5. The predicted molar refractivity (Wildman–Crippen MR) is 189 cm³/mol. The average Bonchev–Trinajstić information content (AvgIpc) is 3.43. The topological polar surface area (TPSA) is 139 Å². The minimum Gasteiger partial charge on any atom is -0.463 e. The number of fused-ring (bicyclic) bond motifs is 2. The molecule has 0 bridgehead atoms. The van der Waals surface area contributed by atoms with Gasteiger partial charge in [-0.2, -0.15) is 0 Å². The number of rotatable bonds is 9. The molecule has 3 amide bonds. The number of ketones is 1. The van der Waals surface area contributed by atoms with Crippen molar-refractivity contribution in [3.8, 4) is 0 Å². The van der Waals surface area contributed by atoms with Gasteiger partial charge < -0.3 is 30.2 Å². The number of carbonyl (C=O) groups is 5. The molecule has 4 rings (SSSR count). The first-order valence-corrected chi connectivity index (χ1v) is 17.5. The Kier molecular flexibility index (Phi) is 17.5. The molecule has 11 heteroatoms. The van der Waals surface area contributed by atoms with Crippen LogP contribution in [0, 0.1) is 0 Å². The minimum absolute atomic E-state index is 0.0812. The molecule has 48 heavy (non-hydrogen) atoms. The van der Waals surface area contributed by atoms with Gasteiger partial charge in [0.1, 0.15) is 12.1 Å². The summed E-state index contributed by atoms with van der Waals surface area (Å²) >= 11 is 0. The zero-order valence-electron chi connectivity index (χ0n) is 29.9. The van der Waals surface area contributed by atoms with Crippen LogP contribution < -0.4 is 16.0 Å². The highest BCUT2D eigenvalue weighted by Gasteiger charge is 2.34. The molecule has 0 saturated carbocycles. The lowest BCUT2D eigenvalue weighted by molar-refractivity contribution is -0.146. The monoisotopic (exact) mass is 667 g/mol. The van der Waals surface area contributed by atoms with Crippen LogP contribution in [0.15, 0.2) is 42.7 Å². The molecule has 0 radical (unpaired) electrons. The zero-order valence-corrected chi connectivity index (χ0v) is 29.9. The molecule has 2 aliphatic rings. The Labute approximate surface area is 286 Å². The number of Topliss-reactive ketones (excluding diaryl/α,β-unsaturated/α-hetero) is 1. The van der Waals surface area contributed by atoms with Crippen LogP contribution in [0.4, 0.5) is 0 Å². The third-order valence-corrected chi connectivity index (χ3v) is 8.51. The Morgan fingerprint density at radius 3 is 2.29 bits per heavy atom. The van der Waals surface area contributed by atoms with E-state index in [-0.39, 0.29) is 31.1 Å². The molecule has 2 aliphatic heterocycles. The Hall–Kier alpha value is -4.15. The van der Waals surface area contributed by atoms with E-state index in [2.05, 4.69) is 50.2 Å². The predicted octanol–water partition coefficient (Wildman–Crippen LogP) is 5.17. The number of piperidine rings is 1. The fraction of sp³-hybridized carbons (Fsp3) is 0.595. The van der Waals surface area contributed by atoms with Crippen LogP contribution in [0.3, 0.4) is 0 Å². The van der Waals surface area contributed by atoms with E-state index in [1.165, 1.54) is 39.0 Å². The van der Waals surface area contributed by atoms with Gasteiger partial charge in [-0.3, -0.25) is 24.0 Å². The SMILES string of the molecule is C=C1CNC(=O)C(C(=O)c2cn(C)c3ccccc23)NC(=O)CNC(=O)C2CCCCN12.CCCC.CCCCCC(CC)OC(C)=O. The van der Waals surface area contributed by atoms with Crippen molar-refractivity contribution >= 4 is 40.4 Å². The molecule has 11 nitrogen and oxygen atoms in total. The summed E-state index contributed by atoms with van der Waals surface area (Å²) in [5.41, 5.74) is 1.78. The summed E-state index contributed by atoms with van der Waals surface area (Å²) in [6.45, 7) is 14.5. The number of hydrogen-bond acceptors (Lipinski definition) is 7. The van der Waals surface area contributed by atoms with Crippen LogP contribution in [-0.4, -0.2) is 76.8 Å². The van der Waals surface area contributed by atoms with E-state index in [4.69, 9.17) is 4.74 Å². The summed E-state index contributed by atoms with van der Waals surface area (Å²) in [6.07, 6.45) is 12.5. The maximum atomic E-state index is 13.4. The molecule has 2 aromatic rings. The van der Waals surface area contributed by atoms with Gasteiger partial charge in [0, 0.05) is 48.9 Å². The van der Waals surface area contributed by atoms with Gasteiger partial charge in [-0.25, -0.2) is 0 Å². The van der Waals surface area contributed by atoms with Crippen molar-refractivity contribution in [3.05, 3.63) is 48.3 Å². The number of benzene rings is 1. The van der Waals surface area contributed by atoms with Gasteiger partial charge in [0.25, 0.3) is 5.91 Å². The normalized spacial score (nSPS) is 19.0. The summed E-state index contributed by atoms with van der Waals surface area (Å²) in [4.78, 5) is 64.1. The van der Waals surface area contributed by atoms with Gasteiger partial charge in [0.15, 0.2) is 11.8 Å². The summed E-state index contributed by atoms with van der Waals surface area (Å²) in [7, 11) is 1.81. The van der Waals surface area contributed by atoms with Crippen molar-refractivity contribution in [1.82, 2.24) is 25.4 Å². The van der Waals surface area contributed by atoms with E-state index in [9.17, 15) is 24.0 Å². The van der Waals surface area contributed by atoms with E-state index in [1.807, 2.05) is 30.1 Å². The number of aryl methyl sites for hydroxylation is 1. The number of para-hydroxylation sites is 1. The Balaban J connectivity index is 0.000000418. The molecule has 2 saturated heterocycles. The number of nitrogens with one attached hydrogen (secondary N) is 3. The number of hydrogen-bond donors (Lipinski definition) is 3. The molecule has 0 aliphatic carbocycles. The quantitative estimate of drug-likeness (QED) is 0.145. The van der Waals surface area contributed by atoms with E-state index in [0.717, 1.165) is 31.2 Å². The number of carbonyl (C=O) groups excluding carboxylic acids is 5. The number of esters is 1. The third-order valence-electron chi connectivity index (χ3n) is 8.51. The smallest absolute Gasteiger partial charge is 0.302 e. The molecule has 3 N–H and O–H groups in total. The maximum absolute atomic E-state index is 13.4. The highest BCUT2D eigenvalue weighted by molar-refractivity contribution is 6.20. The maximum Gasteiger partial charge on any atom is 0.302 e. The van der Waals surface area contributed by atoms with E-state index in [1.54, 1.807) is 16.8 Å². The molecule has 2 fully saturated rings. The second-order valence-electron chi connectivity index (χ2n) is 12.4. The second-order valence-corrected chi connectivity index (χ2v) is 12.4. The Bertz CT molecular complexity index is 1380. The van der Waals surface area contributed by atoms with Gasteiger partial charge in [-0.15, -0.1) is 0 Å². The number of amides is 3. The largest absolute Gasteiger partial charge is 0.463 e. The molecule has 266 valence electrons. The molecule has 3 unspecified atom stereocenters. The molecular formula is C37H57N5O6. The number of nitrogens with zero attached hydrogens (tertiary/aromatic N) is 2. The fourth-order valence-electron chi connectivity index (χ4n) is 5.62. The van der Waals surface area contributed by atoms with Gasteiger partial charge in [-0.05, 0) is 44.6 Å². The lowest BCUT2D eigenvalue weighted by Crippen LogP contribution is -2.57. The first-order chi connectivity index (χ1) is 23.0. The molecule has 3 heterocycles. The van der Waals surface area contributed by atoms with Crippen LogP contribution in [0.1, 0.15) is 109 Å². The van der Waals surface area contributed by atoms with E-state index >= 15 is 0 Å². The molecule has 0 spiro atoms. The second kappa shape index (κ2) is 21.0. The van der Waals surface area contributed by atoms with Gasteiger partial charge in [-0.1, -0.05) is 78.2 Å². The number of unbranched alkanes of at least 4 members (excludes halogenated alkanes) is 3. The highest BCUT2D eigenvalue weighted by Crippen LogP contribution is 2.23. The summed E-state index contributed by atoms with van der Waals surface area (Å²) < 4.78 is 6.91. The molecule has 1 aromatic carbocycles. The first kappa shape index (κ1) is 40.0. The van der Waals surface area contributed by atoms with E-state index in [0.29, 0.717) is 29.6 Å². The van der Waals surface area contributed by atoms with Crippen molar-refractivity contribution < 1.29 is 28.7 Å². The van der Waals surface area contributed by atoms with Crippen molar-refractivity contribution in [2.75, 3.05) is 19.6 Å². The standard InChI is InChI=1S/C23H27N5O4.C10H20O2.C4H10/c1-14-11-24-23(32)20(21(30)16-13-27(2)17-8-4-3-7-15(16)17)26-19(29)12-25-22(31)18-9-5-6-10-28(14)18;1-4-6-7-8-10(5-2)12-9(3)11;1-3-4-2/h3-4,7-8,13,18,20H,1,5-6,9-12H2,2H3,(H,24,32)(H,25,31)(H,26,29);10H,4-8H2,1-3H3;3-4H2,1-2H3. The third kappa shape index (κ3) is 12.1. The zero-order chi connectivity index (χ0) is 35.6. The fourth-order valence-corrected chi connectivity index (χ4v) is 5.62. The number of aromatic nitrogens is 1. The molecule has 1 aromatic heterocycles. The summed E-state index contributed by atoms with van der Waals surface area (Å²) in [5.74, 6) is -2.15. The van der Waals surface area contributed by atoms with Crippen molar-refractivity contribution in [1.29, 1.82) is 0 Å². The van der Waals surface area contributed by atoms with Crippen LogP contribution in [0.25, 0.3) is 10.9 Å². The van der Waals surface area contributed by atoms with Gasteiger partial charge in [0.2, 0.25) is 11.8 Å². The van der Waals surface area contributed by atoms with E-state index < -0.39 is 29.7 Å². The average molecular weight is 668 g/mol. The van der Waals surface area contributed by atoms with Crippen molar-refractivity contribution in [2.45, 2.75) is 117 Å². The highest BCUT2D eigenvalue weighted by atomic mass is 16.5. The van der Waals surface area contributed by atoms with Gasteiger partial charge >= 0.3 is 5.97 Å². The lowest BCUT2D eigenvalue weighted by Gasteiger charge is -2.38. The summed E-state index contributed by atoms with van der Waals surface area (Å²) in [6, 6.07) is 5.51.